The van der Waals surface area contributed by atoms with Gasteiger partial charge in [-0.15, -0.1) is 0 Å². The van der Waals surface area contributed by atoms with Crippen molar-refractivity contribution in [3.63, 3.8) is 0 Å². The van der Waals surface area contributed by atoms with Gasteiger partial charge in [-0.05, 0) is 66.2 Å². The average Bonchev–Trinajstić information content (AvgIpc) is 2.84. The maximum absolute atomic E-state index is 13.2. The number of aliphatic imine (C=N–C) groups is 1. The molecule has 34 heavy (non-hydrogen) atoms. The smallest absolute Gasteiger partial charge is 0.238 e. The van der Waals surface area contributed by atoms with Gasteiger partial charge in [-0.1, -0.05) is 51.4 Å². The zero-order chi connectivity index (χ0) is 24.1. The number of amidine groups is 1. The number of amides is 2. The predicted molar refractivity (Wildman–Crippen MR) is 141 cm³/mol. The molecule has 1 fully saturated rings. The first-order chi connectivity index (χ1) is 16.4. The largest absolute Gasteiger partial charge is 0.497 e. The van der Waals surface area contributed by atoms with Crippen LogP contribution in [0, 0.1) is 0 Å². The molecule has 0 aliphatic carbocycles. The highest BCUT2D eigenvalue weighted by Crippen LogP contribution is 2.31. The molecule has 1 saturated heterocycles. The Morgan fingerprint density at radius 1 is 1.12 bits per heavy atom. The van der Waals surface area contributed by atoms with Crippen molar-refractivity contribution in [3.8, 4) is 5.75 Å². The number of methoxy groups -OCH3 is 1. The molecule has 174 valence electrons. The molecule has 1 N–H and O–H groups in total. The third-order valence-corrected chi connectivity index (χ3v) is 7.06. The maximum atomic E-state index is 13.2. The summed E-state index contributed by atoms with van der Waals surface area (Å²) in [6, 6.07) is 21.8. The third-order valence-electron chi connectivity index (χ3n) is 5.09. The fraction of sp³-hybridized carbons (Fsp3) is 0.160. The fourth-order valence-corrected chi connectivity index (χ4v) is 4.78. The van der Waals surface area contributed by atoms with Gasteiger partial charge >= 0.3 is 0 Å². The molecular formula is C25H21BrClN3O3S. The van der Waals surface area contributed by atoms with E-state index in [1.54, 1.807) is 48.4 Å². The van der Waals surface area contributed by atoms with Crippen LogP contribution in [0.3, 0.4) is 0 Å². The lowest BCUT2D eigenvalue weighted by molar-refractivity contribution is -0.129. The lowest BCUT2D eigenvalue weighted by Gasteiger charge is -2.32. The number of anilines is 1. The summed E-state index contributed by atoms with van der Waals surface area (Å²) >= 11 is 10.7. The van der Waals surface area contributed by atoms with Crippen molar-refractivity contribution in [2.45, 2.75) is 18.2 Å². The number of benzene rings is 3. The van der Waals surface area contributed by atoms with E-state index in [-0.39, 0.29) is 18.2 Å². The maximum Gasteiger partial charge on any atom is 0.238 e. The second-order valence-corrected chi connectivity index (χ2v) is 10.0. The van der Waals surface area contributed by atoms with E-state index in [0.29, 0.717) is 28.1 Å². The Balaban J connectivity index is 1.58. The lowest BCUT2D eigenvalue weighted by Crippen LogP contribution is -2.44. The third kappa shape index (κ3) is 6.20. The van der Waals surface area contributed by atoms with Crippen molar-refractivity contribution in [2.24, 2.45) is 4.99 Å². The first kappa shape index (κ1) is 24.3. The average molecular weight is 559 g/mol. The molecular weight excluding hydrogens is 538 g/mol. The summed E-state index contributed by atoms with van der Waals surface area (Å²) in [5, 5.41) is 3.35. The highest BCUT2D eigenvalue weighted by atomic mass is 79.9. The van der Waals surface area contributed by atoms with Crippen LogP contribution in [0.5, 0.6) is 5.75 Å². The van der Waals surface area contributed by atoms with Crippen molar-refractivity contribution in [2.75, 3.05) is 12.4 Å². The predicted octanol–water partition coefficient (Wildman–Crippen LogP) is 6.27. The highest BCUT2D eigenvalue weighted by molar-refractivity contribution is 9.10. The Labute approximate surface area is 215 Å². The van der Waals surface area contributed by atoms with Crippen LogP contribution >= 0.6 is 39.3 Å². The van der Waals surface area contributed by atoms with Crippen LogP contribution in [0.1, 0.15) is 12.0 Å². The van der Waals surface area contributed by atoms with Gasteiger partial charge in [0.15, 0.2) is 5.17 Å². The van der Waals surface area contributed by atoms with Gasteiger partial charge in [0.1, 0.15) is 11.0 Å². The first-order valence-electron chi connectivity index (χ1n) is 10.4. The van der Waals surface area contributed by atoms with Crippen molar-refractivity contribution in [3.05, 3.63) is 87.9 Å². The minimum absolute atomic E-state index is 0.0722. The number of nitrogens with zero attached hydrogens (tertiary/aromatic N) is 2. The molecule has 9 heteroatoms. The Bertz CT molecular complexity index is 1200. The van der Waals surface area contributed by atoms with E-state index in [1.807, 2.05) is 36.4 Å². The van der Waals surface area contributed by atoms with E-state index in [9.17, 15) is 9.59 Å². The van der Waals surface area contributed by atoms with Crippen molar-refractivity contribution in [1.82, 2.24) is 4.90 Å². The number of rotatable bonds is 6. The summed E-state index contributed by atoms with van der Waals surface area (Å²) in [6.45, 7) is 0.337. The molecule has 1 unspecified atom stereocenters. The normalized spacial score (nSPS) is 17.0. The summed E-state index contributed by atoms with van der Waals surface area (Å²) in [4.78, 5) is 32.5. The van der Waals surface area contributed by atoms with Crippen molar-refractivity contribution >= 4 is 67.6 Å². The molecule has 0 spiro atoms. The molecule has 0 aromatic heterocycles. The summed E-state index contributed by atoms with van der Waals surface area (Å²) in [6.07, 6.45) is 0.0722. The van der Waals surface area contributed by atoms with Crippen LogP contribution in [0.2, 0.25) is 5.02 Å². The van der Waals surface area contributed by atoms with E-state index in [4.69, 9.17) is 16.3 Å². The monoisotopic (exact) mass is 557 g/mol. The molecule has 3 aromatic carbocycles. The lowest BCUT2D eigenvalue weighted by atomic mass is 10.2. The molecule has 1 aliphatic rings. The summed E-state index contributed by atoms with van der Waals surface area (Å²) < 4.78 is 6.14. The topological polar surface area (TPSA) is 71.0 Å². The van der Waals surface area contributed by atoms with E-state index in [2.05, 4.69) is 26.2 Å². The van der Waals surface area contributed by atoms with Gasteiger partial charge in [-0.2, -0.15) is 0 Å². The van der Waals surface area contributed by atoms with Crippen molar-refractivity contribution < 1.29 is 14.3 Å². The second kappa shape index (κ2) is 11.1. The number of carbonyl (C=O) groups is 2. The van der Waals surface area contributed by atoms with E-state index < -0.39 is 5.25 Å². The minimum atomic E-state index is -0.602. The number of nitrogens with one attached hydrogen (secondary N) is 1. The Morgan fingerprint density at radius 2 is 1.79 bits per heavy atom. The fourth-order valence-electron chi connectivity index (χ4n) is 3.29. The van der Waals surface area contributed by atoms with Gasteiger partial charge in [-0.25, -0.2) is 4.99 Å². The van der Waals surface area contributed by atoms with Crippen LogP contribution in [-0.2, 0) is 16.1 Å². The van der Waals surface area contributed by atoms with Gasteiger partial charge in [0.25, 0.3) is 0 Å². The number of thioether (sulfide) groups is 1. The highest BCUT2D eigenvalue weighted by Gasteiger charge is 2.36. The number of carbonyl (C=O) groups excluding carboxylic acids is 2. The molecule has 2 amide bonds. The molecule has 1 atom stereocenters. The number of halogens is 2. The number of hydrogen-bond acceptors (Lipinski definition) is 5. The SMILES string of the molecule is COc1ccc(CN2C(=O)CC(C(=O)Nc3ccc(Br)cc3)SC2=Nc2ccc(Cl)cc2)cc1. The molecule has 4 rings (SSSR count). The zero-order valence-corrected chi connectivity index (χ0v) is 21.4. The van der Waals surface area contributed by atoms with E-state index >= 15 is 0 Å². The Hall–Kier alpha value is -2.81. The van der Waals surface area contributed by atoms with E-state index in [1.165, 1.54) is 11.8 Å². The molecule has 0 saturated carbocycles. The van der Waals surface area contributed by atoms with Crippen LogP contribution in [0.4, 0.5) is 11.4 Å². The number of ether oxygens (including phenoxy) is 1. The van der Waals surface area contributed by atoms with Crippen LogP contribution in [0.15, 0.2) is 82.3 Å². The molecule has 3 aromatic rings. The van der Waals surface area contributed by atoms with Crippen LogP contribution in [0.25, 0.3) is 0 Å². The molecule has 0 bridgehead atoms. The zero-order valence-electron chi connectivity index (χ0n) is 18.2. The van der Waals surface area contributed by atoms with Gasteiger partial charge < -0.3 is 10.1 Å². The summed E-state index contributed by atoms with van der Waals surface area (Å²) in [5.74, 6) is 0.328. The van der Waals surface area contributed by atoms with E-state index in [0.717, 1.165) is 15.8 Å². The van der Waals surface area contributed by atoms with Gasteiger partial charge in [0.05, 0.1) is 19.3 Å². The van der Waals surface area contributed by atoms with Crippen LogP contribution in [-0.4, -0.2) is 34.2 Å². The standard InChI is InChI=1S/C25H21BrClN3O3S/c1-33-21-12-2-16(3-13-21)15-30-23(31)14-22(24(32)28-19-8-4-17(26)5-9-19)34-25(30)29-20-10-6-18(27)7-11-20/h2-13,22H,14-15H2,1H3,(H,28,32). The Kier molecular flexibility index (Phi) is 7.92. The van der Waals surface area contributed by atoms with Crippen molar-refractivity contribution in [1.29, 1.82) is 0 Å². The Morgan fingerprint density at radius 3 is 2.44 bits per heavy atom. The molecule has 0 radical (unpaired) electrons. The van der Waals surface area contributed by atoms with Gasteiger partial charge in [-0.3, -0.25) is 14.5 Å². The summed E-state index contributed by atoms with van der Waals surface area (Å²) in [7, 11) is 1.61. The molecule has 6 nitrogen and oxygen atoms in total. The van der Waals surface area contributed by atoms with Crippen LogP contribution < -0.4 is 10.1 Å². The first-order valence-corrected chi connectivity index (χ1v) is 12.5. The van der Waals surface area contributed by atoms with Gasteiger partial charge in [0.2, 0.25) is 11.8 Å². The molecule has 1 heterocycles. The van der Waals surface area contributed by atoms with Gasteiger partial charge in [0, 0.05) is 21.6 Å². The number of hydrogen-bond donors (Lipinski definition) is 1. The molecule has 1 aliphatic heterocycles. The minimum Gasteiger partial charge on any atom is -0.497 e. The second-order valence-electron chi connectivity index (χ2n) is 7.51. The quantitative estimate of drug-likeness (QED) is 0.387. The summed E-state index contributed by atoms with van der Waals surface area (Å²) in [5.41, 5.74) is 2.24.